The molecule has 4 rings (SSSR count). The summed E-state index contributed by atoms with van der Waals surface area (Å²) in [5.41, 5.74) is 9.42. The fourth-order valence-corrected chi connectivity index (χ4v) is 3.74. The Hall–Kier alpha value is -3.89. The van der Waals surface area contributed by atoms with Gasteiger partial charge in [-0.15, -0.1) is 6.58 Å². The smallest absolute Gasteiger partial charge is 0.0991 e. The van der Waals surface area contributed by atoms with E-state index in [0.717, 1.165) is 24.8 Å². The SMILES string of the molecule is C=CCCc1ccc(-c2ccc(Cc3ccc(-c4ccc(C#N)cc4)cc3)cc2)cc1. The Kier molecular flexibility index (Phi) is 6.41. The fraction of sp³-hybridized carbons (Fsp3) is 0.100. The summed E-state index contributed by atoms with van der Waals surface area (Å²) in [6.07, 6.45) is 4.94. The molecule has 0 bridgehead atoms. The van der Waals surface area contributed by atoms with Gasteiger partial charge in [0, 0.05) is 0 Å². The highest BCUT2D eigenvalue weighted by molar-refractivity contribution is 5.65. The number of allylic oxidation sites excluding steroid dienone is 1. The lowest BCUT2D eigenvalue weighted by Gasteiger charge is -2.07. The Balaban J connectivity index is 1.41. The summed E-state index contributed by atoms with van der Waals surface area (Å²) in [6, 6.07) is 36.2. The van der Waals surface area contributed by atoms with Crippen LogP contribution in [0.3, 0.4) is 0 Å². The third-order valence-corrected chi connectivity index (χ3v) is 5.59. The number of hydrogen-bond donors (Lipinski definition) is 0. The van der Waals surface area contributed by atoms with E-state index in [1.54, 1.807) is 0 Å². The predicted octanol–water partition coefficient (Wildman–Crippen LogP) is 7.60. The number of aryl methyl sites for hydroxylation is 1. The van der Waals surface area contributed by atoms with Crippen molar-refractivity contribution in [3.63, 3.8) is 0 Å². The van der Waals surface area contributed by atoms with Gasteiger partial charge < -0.3 is 0 Å². The summed E-state index contributed by atoms with van der Waals surface area (Å²) in [7, 11) is 0. The Morgan fingerprint density at radius 3 is 1.35 bits per heavy atom. The first-order valence-electron chi connectivity index (χ1n) is 10.6. The van der Waals surface area contributed by atoms with Crippen LogP contribution in [0.1, 0.15) is 28.7 Å². The first kappa shape index (κ1) is 20.4. The van der Waals surface area contributed by atoms with E-state index in [9.17, 15) is 0 Å². The van der Waals surface area contributed by atoms with Crippen molar-refractivity contribution in [1.82, 2.24) is 0 Å². The molecule has 31 heavy (non-hydrogen) atoms. The number of rotatable bonds is 7. The Bertz CT molecular complexity index is 1170. The second-order valence-electron chi connectivity index (χ2n) is 7.78. The quantitative estimate of drug-likeness (QED) is 0.293. The molecule has 0 fully saturated rings. The van der Waals surface area contributed by atoms with Gasteiger partial charge >= 0.3 is 0 Å². The number of nitrogens with zero attached hydrogens (tertiary/aromatic N) is 1. The van der Waals surface area contributed by atoms with E-state index in [2.05, 4.69) is 85.4 Å². The first-order chi connectivity index (χ1) is 15.2. The van der Waals surface area contributed by atoms with Crippen LogP contribution < -0.4 is 0 Å². The summed E-state index contributed by atoms with van der Waals surface area (Å²) >= 11 is 0. The summed E-state index contributed by atoms with van der Waals surface area (Å²) in [6.45, 7) is 3.79. The largest absolute Gasteiger partial charge is 0.192 e. The van der Waals surface area contributed by atoms with Gasteiger partial charge in [0.25, 0.3) is 0 Å². The molecule has 0 N–H and O–H groups in total. The number of hydrogen-bond acceptors (Lipinski definition) is 1. The summed E-state index contributed by atoms with van der Waals surface area (Å²) in [4.78, 5) is 0. The Morgan fingerprint density at radius 1 is 0.581 bits per heavy atom. The highest BCUT2D eigenvalue weighted by Crippen LogP contribution is 2.24. The van der Waals surface area contributed by atoms with Gasteiger partial charge in [-0.05, 0) is 70.3 Å². The van der Waals surface area contributed by atoms with E-state index in [1.165, 1.54) is 33.4 Å². The van der Waals surface area contributed by atoms with Crippen molar-refractivity contribution in [2.24, 2.45) is 0 Å². The lowest BCUT2D eigenvalue weighted by atomic mass is 9.97. The fourth-order valence-electron chi connectivity index (χ4n) is 3.74. The summed E-state index contributed by atoms with van der Waals surface area (Å²) in [5, 5.41) is 8.94. The minimum absolute atomic E-state index is 0.687. The molecule has 0 radical (unpaired) electrons. The highest BCUT2D eigenvalue weighted by atomic mass is 14.2. The molecule has 0 saturated heterocycles. The second kappa shape index (κ2) is 9.74. The average Bonchev–Trinajstić information content (AvgIpc) is 2.84. The molecule has 4 aromatic rings. The molecule has 1 nitrogen and oxygen atoms in total. The molecular formula is C30H25N. The molecule has 0 unspecified atom stereocenters. The minimum atomic E-state index is 0.687. The molecule has 0 atom stereocenters. The van der Waals surface area contributed by atoms with Gasteiger partial charge in [-0.3, -0.25) is 0 Å². The standard InChI is InChI=1S/C30H25N/c1-2-3-4-23-5-13-27(14-6-23)28-15-7-24(8-16-28)21-25-9-17-29(18-10-25)30-19-11-26(22-31)12-20-30/h2,5-20H,1,3-4,21H2. The van der Waals surface area contributed by atoms with Gasteiger partial charge in [0.05, 0.1) is 11.6 Å². The molecule has 150 valence electrons. The molecule has 0 aliphatic carbocycles. The minimum Gasteiger partial charge on any atom is -0.192 e. The Labute approximate surface area is 184 Å². The van der Waals surface area contributed by atoms with E-state index in [-0.39, 0.29) is 0 Å². The second-order valence-corrected chi connectivity index (χ2v) is 7.78. The summed E-state index contributed by atoms with van der Waals surface area (Å²) in [5.74, 6) is 0. The van der Waals surface area contributed by atoms with E-state index in [0.29, 0.717) is 5.56 Å². The van der Waals surface area contributed by atoms with Gasteiger partial charge in [0.2, 0.25) is 0 Å². The molecule has 0 heterocycles. The maximum atomic E-state index is 8.94. The zero-order valence-electron chi connectivity index (χ0n) is 17.6. The maximum absolute atomic E-state index is 8.94. The van der Waals surface area contributed by atoms with Crippen LogP contribution in [0.15, 0.2) is 110 Å². The van der Waals surface area contributed by atoms with Crippen LogP contribution in [0.5, 0.6) is 0 Å². The lowest BCUT2D eigenvalue weighted by Crippen LogP contribution is -1.89. The van der Waals surface area contributed by atoms with Crippen LogP contribution in [-0.2, 0) is 12.8 Å². The van der Waals surface area contributed by atoms with Gasteiger partial charge in [0.1, 0.15) is 0 Å². The molecule has 0 spiro atoms. The average molecular weight is 400 g/mol. The monoisotopic (exact) mass is 399 g/mol. The van der Waals surface area contributed by atoms with Crippen LogP contribution in [0.25, 0.3) is 22.3 Å². The van der Waals surface area contributed by atoms with Crippen molar-refractivity contribution in [3.05, 3.63) is 132 Å². The first-order valence-corrected chi connectivity index (χ1v) is 10.6. The van der Waals surface area contributed by atoms with Crippen molar-refractivity contribution < 1.29 is 0 Å². The Morgan fingerprint density at radius 2 is 0.968 bits per heavy atom. The van der Waals surface area contributed by atoms with Crippen LogP contribution in [0.2, 0.25) is 0 Å². The van der Waals surface area contributed by atoms with Crippen LogP contribution >= 0.6 is 0 Å². The zero-order chi connectivity index (χ0) is 21.5. The molecule has 0 saturated carbocycles. The number of nitriles is 1. The molecule has 1 heteroatoms. The molecule has 4 aromatic carbocycles. The van der Waals surface area contributed by atoms with Gasteiger partial charge in [-0.2, -0.15) is 5.26 Å². The molecular weight excluding hydrogens is 374 g/mol. The summed E-state index contributed by atoms with van der Waals surface area (Å²) < 4.78 is 0. The third-order valence-electron chi connectivity index (χ3n) is 5.59. The van der Waals surface area contributed by atoms with Crippen molar-refractivity contribution in [2.45, 2.75) is 19.3 Å². The van der Waals surface area contributed by atoms with Gasteiger partial charge in [-0.1, -0.05) is 91.0 Å². The van der Waals surface area contributed by atoms with E-state index < -0.39 is 0 Å². The third kappa shape index (κ3) is 5.18. The normalized spacial score (nSPS) is 10.4. The van der Waals surface area contributed by atoms with E-state index >= 15 is 0 Å². The highest BCUT2D eigenvalue weighted by Gasteiger charge is 2.02. The van der Waals surface area contributed by atoms with Gasteiger partial charge in [0.15, 0.2) is 0 Å². The van der Waals surface area contributed by atoms with Crippen molar-refractivity contribution in [2.75, 3.05) is 0 Å². The zero-order valence-corrected chi connectivity index (χ0v) is 17.6. The topological polar surface area (TPSA) is 23.8 Å². The van der Waals surface area contributed by atoms with Crippen molar-refractivity contribution in [1.29, 1.82) is 5.26 Å². The van der Waals surface area contributed by atoms with Crippen molar-refractivity contribution >= 4 is 0 Å². The predicted molar refractivity (Wildman–Crippen MR) is 130 cm³/mol. The number of benzene rings is 4. The maximum Gasteiger partial charge on any atom is 0.0991 e. The van der Waals surface area contributed by atoms with Crippen LogP contribution in [0, 0.1) is 11.3 Å². The molecule has 0 amide bonds. The lowest BCUT2D eigenvalue weighted by molar-refractivity contribution is 1.00. The van der Waals surface area contributed by atoms with Gasteiger partial charge in [-0.25, -0.2) is 0 Å². The van der Waals surface area contributed by atoms with E-state index in [4.69, 9.17) is 5.26 Å². The van der Waals surface area contributed by atoms with Crippen LogP contribution in [-0.4, -0.2) is 0 Å². The van der Waals surface area contributed by atoms with Crippen LogP contribution in [0.4, 0.5) is 0 Å². The molecule has 0 aromatic heterocycles. The molecule has 0 aliphatic heterocycles. The van der Waals surface area contributed by atoms with E-state index in [1.807, 2.05) is 30.3 Å². The van der Waals surface area contributed by atoms with Crippen molar-refractivity contribution in [3.8, 4) is 28.3 Å². The molecule has 0 aliphatic rings.